The van der Waals surface area contributed by atoms with E-state index < -0.39 is 0 Å². The lowest BCUT2D eigenvalue weighted by molar-refractivity contribution is 0.00673. The second-order valence-electron chi connectivity index (χ2n) is 5.72. The fraction of sp³-hybridized carbons (Fsp3) is 0.714. The third-order valence-electron chi connectivity index (χ3n) is 3.93. The molecule has 4 nitrogen and oxygen atoms in total. The number of carbonyl (C=O) groups is 1. The molecule has 2 rings (SSSR count). The molecule has 1 fully saturated rings. The summed E-state index contributed by atoms with van der Waals surface area (Å²) in [6.45, 7) is 6.64. The third-order valence-corrected chi connectivity index (χ3v) is 3.93. The zero-order valence-electron chi connectivity index (χ0n) is 11.4. The molecule has 0 radical (unpaired) electrons. The van der Waals surface area contributed by atoms with Crippen LogP contribution in [-0.4, -0.2) is 21.7 Å². The molecule has 100 valence electrons. The van der Waals surface area contributed by atoms with Crippen LogP contribution in [0.1, 0.15) is 40.0 Å². The third kappa shape index (κ3) is 2.92. The van der Waals surface area contributed by atoms with Gasteiger partial charge in [-0.3, -0.25) is 0 Å². The van der Waals surface area contributed by atoms with E-state index in [4.69, 9.17) is 4.74 Å². The van der Waals surface area contributed by atoms with Crippen molar-refractivity contribution < 1.29 is 9.53 Å². The summed E-state index contributed by atoms with van der Waals surface area (Å²) in [4.78, 5) is 15.8. The Balaban J connectivity index is 2.02. The van der Waals surface area contributed by atoms with Gasteiger partial charge < -0.3 is 4.74 Å². The van der Waals surface area contributed by atoms with Crippen LogP contribution < -0.4 is 0 Å². The Kier molecular flexibility index (Phi) is 4.04. The van der Waals surface area contributed by atoms with Crippen molar-refractivity contribution in [2.24, 2.45) is 17.8 Å². The summed E-state index contributed by atoms with van der Waals surface area (Å²) in [5.41, 5.74) is 0. The van der Waals surface area contributed by atoms with Gasteiger partial charge in [-0.1, -0.05) is 27.2 Å². The maximum absolute atomic E-state index is 11.9. The zero-order valence-corrected chi connectivity index (χ0v) is 11.4. The Morgan fingerprint density at radius 1 is 1.44 bits per heavy atom. The highest BCUT2D eigenvalue weighted by Crippen LogP contribution is 2.35. The summed E-state index contributed by atoms with van der Waals surface area (Å²) < 4.78 is 7.06. The SMILES string of the molecule is CC(C)[C@@H]1CC[C@@H](C)C[C@H]1OC(=O)n1ccnc1. The van der Waals surface area contributed by atoms with Gasteiger partial charge in [0, 0.05) is 12.4 Å². The van der Waals surface area contributed by atoms with Crippen LogP contribution in [0, 0.1) is 17.8 Å². The predicted molar refractivity (Wildman–Crippen MR) is 69.2 cm³/mol. The summed E-state index contributed by atoms with van der Waals surface area (Å²) in [5.74, 6) is 1.67. The van der Waals surface area contributed by atoms with E-state index in [9.17, 15) is 4.79 Å². The quantitative estimate of drug-likeness (QED) is 0.808. The Morgan fingerprint density at radius 2 is 2.22 bits per heavy atom. The van der Waals surface area contributed by atoms with Crippen LogP contribution in [0.25, 0.3) is 0 Å². The van der Waals surface area contributed by atoms with E-state index in [1.165, 1.54) is 17.3 Å². The minimum atomic E-state index is -0.308. The van der Waals surface area contributed by atoms with Crippen LogP contribution >= 0.6 is 0 Å². The number of imidazole rings is 1. The van der Waals surface area contributed by atoms with Gasteiger partial charge in [0.05, 0.1) is 0 Å². The maximum atomic E-state index is 11.9. The molecule has 0 N–H and O–H groups in total. The van der Waals surface area contributed by atoms with Crippen LogP contribution in [0.4, 0.5) is 4.79 Å². The Morgan fingerprint density at radius 3 is 2.83 bits per heavy atom. The molecule has 0 amide bonds. The van der Waals surface area contributed by atoms with Crippen LogP contribution in [0.15, 0.2) is 18.7 Å². The topological polar surface area (TPSA) is 44.1 Å². The molecule has 0 aliphatic heterocycles. The highest BCUT2D eigenvalue weighted by molar-refractivity contribution is 5.70. The van der Waals surface area contributed by atoms with Crippen LogP contribution in [-0.2, 0) is 4.74 Å². The molecule has 0 bridgehead atoms. The first-order valence-corrected chi connectivity index (χ1v) is 6.77. The Labute approximate surface area is 108 Å². The zero-order chi connectivity index (χ0) is 13.1. The number of carbonyl (C=O) groups excluding carboxylic acids is 1. The van der Waals surface area contributed by atoms with Gasteiger partial charge in [-0.25, -0.2) is 14.3 Å². The predicted octanol–water partition coefficient (Wildman–Crippen LogP) is 3.33. The van der Waals surface area contributed by atoms with Crippen LogP contribution in [0.5, 0.6) is 0 Å². The molecule has 0 unspecified atom stereocenters. The molecule has 1 aromatic heterocycles. The monoisotopic (exact) mass is 250 g/mol. The number of rotatable bonds is 2. The smallest absolute Gasteiger partial charge is 0.419 e. The lowest BCUT2D eigenvalue weighted by atomic mass is 9.75. The van der Waals surface area contributed by atoms with Gasteiger partial charge in [-0.15, -0.1) is 0 Å². The second-order valence-corrected chi connectivity index (χ2v) is 5.72. The molecule has 0 saturated heterocycles. The van der Waals surface area contributed by atoms with E-state index >= 15 is 0 Å². The highest BCUT2D eigenvalue weighted by Gasteiger charge is 2.33. The molecule has 1 aromatic rings. The molecule has 1 saturated carbocycles. The minimum Gasteiger partial charge on any atom is -0.445 e. The normalized spacial score (nSPS) is 28.3. The number of hydrogen-bond acceptors (Lipinski definition) is 3. The van der Waals surface area contributed by atoms with Gasteiger partial charge in [-0.05, 0) is 30.6 Å². The lowest BCUT2D eigenvalue weighted by Gasteiger charge is -2.36. The van der Waals surface area contributed by atoms with Crippen LogP contribution in [0.3, 0.4) is 0 Å². The summed E-state index contributed by atoms with van der Waals surface area (Å²) >= 11 is 0. The molecule has 3 atom stereocenters. The van der Waals surface area contributed by atoms with Crippen molar-refractivity contribution >= 4 is 6.09 Å². The van der Waals surface area contributed by atoms with E-state index in [2.05, 4.69) is 25.8 Å². The van der Waals surface area contributed by atoms with Crippen molar-refractivity contribution in [1.82, 2.24) is 9.55 Å². The largest absolute Gasteiger partial charge is 0.445 e. The number of aromatic nitrogens is 2. The van der Waals surface area contributed by atoms with E-state index in [-0.39, 0.29) is 12.2 Å². The molecule has 1 aliphatic rings. The van der Waals surface area contributed by atoms with Crippen molar-refractivity contribution in [2.45, 2.75) is 46.1 Å². The molecule has 1 heterocycles. The van der Waals surface area contributed by atoms with Gasteiger partial charge in [0.15, 0.2) is 0 Å². The number of hydrogen-bond donors (Lipinski definition) is 0. The molecule has 4 heteroatoms. The molecular formula is C14H22N2O2. The summed E-state index contributed by atoms with van der Waals surface area (Å²) in [6, 6.07) is 0. The molecule has 0 aromatic carbocycles. The fourth-order valence-corrected chi connectivity index (χ4v) is 2.81. The lowest BCUT2D eigenvalue weighted by Crippen LogP contribution is -2.36. The van der Waals surface area contributed by atoms with Gasteiger partial charge in [-0.2, -0.15) is 0 Å². The summed E-state index contributed by atoms with van der Waals surface area (Å²) in [6.07, 6.45) is 7.80. The van der Waals surface area contributed by atoms with Gasteiger partial charge in [0.2, 0.25) is 0 Å². The van der Waals surface area contributed by atoms with Crippen molar-refractivity contribution in [3.05, 3.63) is 18.7 Å². The molecule has 1 aliphatic carbocycles. The van der Waals surface area contributed by atoms with Crippen molar-refractivity contribution in [3.8, 4) is 0 Å². The van der Waals surface area contributed by atoms with Crippen LogP contribution in [0.2, 0.25) is 0 Å². The van der Waals surface area contributed by atoms with Crippen molar-refractivity contribution in [3.63, 3.8) is 0 Å². The highest BCUT2D eigenvalue weighted by atomic mass is 16.6. The van der Waals surface area contributed by atoms with Gasteiger partial charge >= 0.3 is 6.09 Å². The van der Waals surface area contributed by atoms with E-state index in [1.54, 1.807) is 12.4 Å². The molecule has 18 heavy (non-hydrogen) atoms. The number of ether oxygens (including phenoxy) is 1. The van der Waals surface area contributed by atoms with Gasteiger partial charge in [0.1, 0.15) is 12.4 Å². The standard InChI is InChI=1S/C14H22N2O2/c1-10(2)12-5-4-11(3)8-13(12)18-14(17)16-7-6-15-9-16/h6-7,9-13H,4-5,8H2,1-3H3/t11-,12+,13-/m1/s1. The first-order valence-electron chi connectivity index (χ1n) is 6.77. The summed E-state index contributed by atoms with van der Waals surface area (Å²) in [5, 5.41) is 0. The van der Waals surface area contributed by atoms with E-state index in [0.717, 1.165) is 12.8 Å². The van der Waals surface area contributed by atoms with Gasteiger partial charge in [0.25, 0.3) is 0 Å². The first kappa shape index (κ1) is 13.1. The molecule has 0 spiro atoms. The Bertz CT molecular complexity index is 387. The van der Waals surface area contributed by atoms with Crippen molar-refractivity contribution in [2.75, 3.05) is 0 Å². The number of nitrogens with zero attached hydrogens (tertiary/aromatic N) is 2. The first-order chi connectivity index (χ1) is 8.58. The second kappa shape index (κ2) is 5.55. The van der Waals surface area contributed by atoms with E-state index in [1.807, 2.05) is 0 Å². The van der Waals surface area contributed by atoms with Crippen molar-refractivity contribution in [1.29, 1.82) is 0 Å². The summed E-state index contributed by atoms with van der Waals surface area (Å²) in [7, 11) is 0. The maximum Gasteiger partial charge on any atom is 0.419 e. The van der Waals surface area contributed by atoms with E-state index in [0.29, 0.717) is 17.8 Å². The fourth-order valence-electron chi connectivity index (χ4n) is 2.81. The average Bonchev–Trinajstić information content (AvgIpc) is 2.81. The average molecular weight is 250 g/mol. The Hall–Kier alpha value is -1.32. The molecular weight excluding hydrogens is 228 g/mol. The minimum absolute atomic E-state index is 0.0450.